The fraction of sp³-hybridized carbons (Fsp3) is 0.242. The number of nitrogens with two attached hydrogens (primary N) is 1. The topological polar surface area (TPSA) is 138 Å². The third-order valence-electron chi connectivity index (χ3n) is 7.04. The van der Waals surface area contributed by atoms with Crippen molar-refractivity contribution in [2.24, 2.45) is 0 Å². The molecule has 222 valence electrons. The van der Waals surface area contributed by atoms with Crippen LogP contribution >= 0.6 is 0 Å². The lowest BCUT2D eigenvalue weighted by atomic mass is 9.97. The molecule has 3 N–H and O–H groups in total. The van der Waals surface area contributed by atoms with E-state index in [9.17, 15) is 14.9 Å². The third kappa shape index (κ3) is 6.73. The molecule has 0 aliphatic carbocycles. The number of benzene rings is 3. The number of ether oxygens (including phenoxy) is 4. The molecule has 4 aromatic rings. The highest BCUT2D eigenvalue weighted by Gasteiger charge is 2.21. The lowest BCUT2D eigenvalue weighted by Crippen LogP contribution is -2.25. The first-order valence-corrected chi connectivity index (χ1v) is 13.6. The van der Waals surface area contributed by atoms with Crippen LogP contribution in [-0.4, -0.2) is 38.9 Å². The summed E-state index contributed by atoms with van der Waals surface area (Å²) in [5, 5.41) is 13.0. The van der Waals surface area contributed by atoms with Gasteiger partial charge in [0.2, 0.25) is 11.7 Å². The van der Waals surface area contributed by atoms with Crippen LogP contribution in [0.5, 0.6) is 23.0 Å². The normalized spacial score (nSPS) is 10.5. The summed E-state index contributed by atoms with van der Waals surface area (Å²) in [7, 11) is 6.09. The van der Waals surface area contributed by atoms with Crippen LogP contribution in [0.2, 0.25) is 0 Å². The summed E-state index contributed by atoms with van der Waals surface area (Å²) in [5.74, 6) is 1.69. The summed E-state index contributed by atoms with van der Waals surface area (Å²) >= 11 is 0. The van der Waals surface area contributed by atoms with E-state index in [1.165, 1.54) is 21.3 Å². The summed E-state index contributed by atoms with van der Waals surface area (Å²) < 4.78 is 23.4. The molecule has 43 heavy (non-hydrogen) atoms. The van der Waals surface area contributed by atoms with E-state index < -0.39 is 5.56 Å². The first-order chi connectivity index (χ1) is 20.8. The molecule has 0 aliphatic heterocycles. The maximum Gasteiger partial charge on any atom is 0.269 e. The first-order valence-electron chi connectivity index (χ1n) is 13.6. The van der Waals surface area contributed by atoms with E-state index in [1.54, 1.807) is 60.2 Å². The van der Waals surface area contributed by atoms with Gasteiger partial charge in [0.25, 0.3) is 5.56 Å². The van der Waals surface area contributed by atoms with E-state index in [4.69, 9.17) is 24.7 Å². The second-order valence-corrected chi connectivity index (χ2v) is 9.62. The van der Waals surface area contributed by atoms with Crippen molar-refractivity contribution in [3.63, 3.8) is 0 Å². The highest BCUT2D eigenvalue weighted by molar-refractivity contribution is 5.93. The van der Waals surface area contributed by atoms with Gasteiger partial charge in [-0.1, -0.05) is 12.1 Å². The second-order valence-electron chi connectivity index (χ2n) is 9.62. The van der Waals surface area contributed by atoms with E-state index in [2.05, 4.69) is 11.4 Å². The summed E-state index contributed by atoms with van der Waals surface area (Å²) in [6.45, 7) is 0.297. The van der Waals surface area contributed by atoms with E-state index in [0.29, 0.717) is 70.6 Å². The number of nitriles is 1. The van der Waals surface area contributed by atoms with Gasteiger partial charge in [-0.15, -0.1) is 0 Å². The number of methoxy groups -OCH3 is 4. The van der Waals surface area contributed by atoms with Gasteiger partial charge in [-0.3, -0.25) is 9.59 Å². The summed E-state index contributed by atoms with van der Waals surface area (Å²) in [6, 6.07) is 21.7. The molecule has 0 atom stereocenters. The zero-order valence-electron chi connectivity index (χ0n) is 24.6. The van der Waals surface area contributed by atoms with Gasteiger partial charge in [0, 0.05) is 18.5 Å². The Morgan fingerprint density at radius 3 is 2.14 bits per heavy atom. The molecule has 0 aliphatic rings. The van der Waals surface area contributed by atoms with E-state index in [0.717, 1.165) is 5.56 Å². The molecule has 3 aromatic carbocycles. The van der Waals surface area contributed by atoms with Crippen LogP contribution in [0.15, 0.2) is 71.5 Å². The Hall–Kier alpha value is -5.43. The van der Waals surface area contributed by atoms with Gasteiger partial charge in [0.05, 0.1) is 45.5 Å². The predicted octanol–water partition coefficient (Wildman–Crippen LogP) is 5.48. The van der Waals surface area contributed by atoms with Crippen LogP contribution in [0.25, 0.3) is 22.4 Å². The number of unbranched alkanes of at least 4 members (excludes halogenated alkanes) is 1. The minimum Gasteiger partial charge on any atom is -0.497 e. The molecular weight excluding hydrogens is 548 g/mol. The summed E-state index contributed by atoms with van der Waals surface area (Å²) in [5.41, 5.74) is 8.86. The lowest BCUT2D eigenvalue weighted by Gasteiger charge is -2.18. The quantitative estimate of drug-likeness (QED) is 0.165. The van der Waals surface area contributed by atoms with Gasteiger partial charge < -0.3 is 34.6 Å². The number of rotatable bonds is 12. The van der Waals surface area contributed by atoms with E-state index in [1.807, 2.05) is 18.2 Å². The summed E-state index contributed by atoms with van der Waals surface area (Å²) in [6.07, 6.45) is 1.29. The molecule has 1 amide bonds. The van der Waals surface area contributed by atoms with Crippen LogP contribution in [-0.2, 0) is 11.3 Å². The van der Waals surface area contributed by atoms with E-state index >= 15 is 0 Å². The molecule has 0 fully saturated rings. The number of amides is 1. The van der Waals surface area contributed by atoms with Crippen molar-refractivity contribution in [3.05, 3.63) is 82.6 Å². The second kappa shape index (κ2) is 14.0. The average molecular weight is 583 g/mol. The number of para-hydroxylation sites is 2. The van der Waals surface area contributed by atoms with Crippen LogP contribution in [0.1, 0.15) is 24.8 Å². The van der Waals surface area contributed by atoms with Crippen molar-refractivity contribution in [2.75, 3.05) is 39.5 Å². The zero-order chi connectivity index (χ0) is 30.9. The number of carbonyl (C=O) groups excluding carboxylic acids is 1. The molecule has 4 rings (SSSR count). The number of hydrogen-bond acceptors (Lipinski definition) is 8. The van der Waals surface area contributed by atoms with Crippen molar-refractivity contribution in [3.8, 4) is 51.5 Å². The van der Waals surface area contributed by atoms with Crippen molar-refractivity contribution < 1.29 is 23.7 Å². The van der Waals surface area contributed by atoms with Crippen LogP contribution in [0.3, 0.4) is 0 Å². The molecule has 10 nitrogen and oxygen atoms in total. The number of nitrogen functional groups attached to an aromatic ring is 1. The van der Waals surface area contributed by atoms with Crippen molar-refractivity contribution in [1.29, 1.82) is 5.26 Å². The van der Waals surface area contributed by atoms with Gasteiger partial charge in [0.15, 0.2) is 11.5 Å². The molecule has 0 unspecified atom stereocenters. The first kappa shape index (κ1) is 30.5. The third-order valence-corrected chi connectivity index (χ3v) is 7.04. The SMILES string of the molecule is COc1ccc(-c2cc(-c3cc(OC)c(OC)c(OC)c3)c(C#N)c(=O)n2CCCCC(=O)Nc2ccccc2N)cc1. The minimum atomic E-state index is -0.443. The minimum absolute atomic E-state index is 0.0242. The highest BCUT2D eigenvalue weighted by atomic mass is 16.5. The highest BCUT2D eigenvalue weighted by Crippen LogP contribution is 2.42. The number of carbonyl (C=O) groups is 1. The number of hydrogen-bond donors (Lipinski definition) is 2. The fourth-order valence-corrected chi connectivity index (χ4v) is 4.82. The smallest absolute Gasteiger partial charge is 0.269 e. The number of nitrogens with one attached hydrogen (secondary N) is 1. The molecule has 0 radical (unpaired) electrons. The predicted molar refractivity (Wildman–Crippen MR) is 166 cm³/mol. The molecule has 0 saturated carbocycles. The maximum absolute atomic E-state index is 13.9. The van der Waals surface area contributed by atoms with Crippen LogP contribution in [0, 0.1) is 11.3 Å². The Bertz CT molecular complexity index is 1680. The van der Waals surface area contributed by atoms with Gasteiger partial charge >= 0.3 is 0 Å². The zero-order valence-corrected chi connectivity index (χ0v) is 24.6. The van der Waals surface area contributed by atoms with Crippen LogP contribution < -0.4 is 35.6 Å². The largest absolute Gasteiger partial charge is 0.497 e. The molecule has 0 bridgehead atoms. The molecule has 0 saturated heterocycles. The molecular formula is C33H34N4O6. The number of nitrogens with zero attached hydrogens (tertiary/aromatic N) is 2. The Labute approximate surface area is 250 Å². The number of anilines is 2. The van der Waals surface area contributed by atoms with Crippen molar-refractivity contribution in [2.45, 2.75) is 25.8 Å². The fourth-order valence-electron chi connectivity index (χ4n) is 4.82. The summed E-state index contributed by atoms with van der Waals surface area (Å²) in [4.78, 5) is 26.4. The maximum atomic E-state index is 13.9. The molecule has 1 aromatic heterocycles. The van der Waals surface area contributed by atoms with Crippen molar-refractivity contribution in [1.82, 2.24) is 4.57 Å². The Balaban J connectivity index is 1.71. The Morgan fingerprint density at radius 1 is 0.884 bits per heavy atom. The van der Waals surface area contributed by atoms with Gasteiger partial charge in [-0.2, -0.15) is 5.26 Å². The van der Waals surface area contributed by atoms with Gasteiger partial charge in [0.1, 0.15) is 17.4 Å². The average Bonchev–Trinajstić information content (AvgIpc) is 3.03. The number of aromatic nitrogens is 1. The molecule has 10 heteroatoms. The standard InChI is InChI=1S/C33H34N4O6/c1-40-23-14-12-21(13-15-23)28-19-24(22-17-29(41-2)32(43-4)30(18-22)42-3)25(20-34)33(39)37(28)16-8-7-11-31(38)36-27-10-6-5-9-26(27)35/h5-6,9-10,12-15,17-19H,7-8,11,16,35H2,1-4H3,(H,36,38). The van der Waals surface area contributed by atoms with Crippen LogP contribution in [0.4, 0.5) is 11.4 Å². The van der Waals surface area contributed by atoms with Gasteiger partial charge in [-0.05, 0) is 78.6 Å². The molecule has 0 spiro atoms. The monoisotopic (exact) mass is 582 g/mol. The van der Waals surface area contributed by atoms with Gasteiger partial charge in [-0.25, -0.2) is 0 Å². The van der Waals surface area contributed by atoms with E-state index in [-0.39, 0.29) is 17.9 Å². The Kier molecular flexibility index (Phi) is 9.91. The van der Waals surface area contributed by atoms with Crippen molar-refractivity contribution >= 4 is 17.3 Å². The lowest BCUT2D eigenvalue weighted by molar-refractivity contribution is -0.116. The number of pyridine rings is 1. The molecule has 1 heterocycles. The Morgan fingerprint density at radius 2 is 1.56 bits per heavy atom.